The van der Waals surface area contributed by atoms with Gasteiger partial charge in [0.05, 0.1) is 11.4 Å². The minimum atomic E-state index is -0.178. The van der Waals surface area contributed by atoms with E-state index in [1.807, 2.05) is 23.6 Å². The highest BCUT2D eigenvalue weighted by atomic mass is 32.1. The van der Waals surface area contributed by atoms with Gasteiger partial charge in [-0.1, -0.05) is 18.2 Å². The van der Waals surface area contributed by atoms with E-state index < -0.39 is 0 Å². The van der Waals surface area contributed by atoms with Gasteiger partial charge in [-0.15, -0.1) is 11.3 Å². The van der Waals surface area contributed by atoms with Gasteiger partial charge in [0.15, 0.2) is 5.78 Å². The van der Waals surface area contributed by atoms with Gasteiger partial charge in [-0.2, -0.15) is 0 Å². The summed E-state index contributed by atoms with van der Waals surface area (Å²) in [6.45, 7) is 0. The Bertz CT molecular complexity index is 825. The van der Waals surface area contributed by atoms with Crippen LogP contribution in [-0.4, -0.2) is 20.9 Å². The van der Waals surface area contributed by atoms with E-state index >= 15 is 0 Å². The Balaban J connectivity index is 1.76. The summed E-state index contributed by atoms with van der Waals surface area (Å²) in [6.07, 6.45) is 4.83. The fourth-order valence-electron chi connectivity index (χ4n) is 1.89. The average molecular weight is 308 g/mol. The minimum Gasteiger partial charge on any atom is -0.508 e. The molecule has 108 valence electrons. The number of carbonyl (C=O) groups is 1. The molecule has 0 atom stereocenters. The number of carbonyl (C=O) groups excluding carboxylic acids is 1. The fraction of sp³-hybridized carbons (Fsp3) is 0. The molecule has 0 aliphatic carbocycles. The third kappa shape index (κ3) is 3.27. The predicted molar refractivity (Wildman–Crippen MR) is 86.8 cm³/mol. The normalized spacial score (nSPS) is 10.9. The number of allylic oxidation sites excluding steroid dienone is 1. The summed E-state index contributed by atoms with van der Waals surface area (Å²) >= 11 is 1.48. The van der Waals surface area contributed by atoms with Gasteiger partial charge in [-0.25, -0.2) is 4.98 Å². The summed E-state index contributed by atoms with van der Waals surface area (Å²) in [5.74, 6) is -0.103. The first kappa shape index (κ1) is 14.2. The molecule has 0 aliphatic heterocycles. The molecule has 2 heterocycles. The quantitative estimate of drug-likeness (QED) is 0.588. The Labute approximate surface area is 131 Å². The highest BCUT2D eigenvalue weighted by Gasteiger charge is 2.05. The average Bonchev–Trinajstić information content (AvgIpc) is 3.02. The van der Waals surface area contributed by atoms with Crippen LogP contribution in [0.2, 0.25) is 0 Å². The monoisotopic (exact) mass is 308 g/mol. The van der Waals surface area contributed by atoms with Crippen molar-refractivity contribution >= 4 is 23.2 Å². The zero-order chi connectivity index (χ0) is 15.4. The van der Waals surface area contributed by atoms with Crippen LogP contribution in [0.3, 0.4) is 0 Å². The summed E-state index contributed by atoms with van der Waals surface area (Å²) in [7, 11) is 0. The molecule has 2 aromatic heterocycles. The molecule has 0 saturated heterocycles. The lowest BCUT2D eigenvalue weighted by molar-refractivity contribution is 0.104. The van der Waals surface area contributed by atoms with Crippen LogP contribution in [0.5, 0.6) is 5.75 Å². The molecule has 1 aromatic carbocycles. The first-order chi connectivity index (χ1) is 10.7. The van der Waals surface area contributed by atoms with Crippen LogP contribution in [0.4, 0.5) is 0 Å². The van der Waals surface area contributed by atoms with E-state index in [1.54, 1.807) is 24.4 Å². The van der Waals surface area contributed by atoms with Crippen LogP contribution in [-0.2, 0) is 0 Å². The van der Waals surface area contributed by atoms with Crippen LogP contribution in [0.25, 0.3) is 16.8 Å². The Morgan fingerprint density at radius 1 is 1.18 bits per heavy atom. The van der Waals surface area contributed by atoms with E-state index in [0.29, 0.717) is 11.3 Å². The second-order valence-corrected chi connectivity index (χ2v) is 5.40. The zero-order valence-corrected chi connectivity index (χ0v) is 12.3. The summed E-state index contributed by atoms with van der Waals surface area (Å²) in [6, 6.07) is 11.9. The molecule has 3 rings (SSSR count). The van der Waals surface area contributed by atoms with Crippen molar-refractivity contribution in [2.45, 2.75) is 0 Å². The van der Waals surface area contributed by atoms with E-state index in [2.05, 4.69) is 9.97 Å². The largest absolute Gasteiger partial charge is 0.508 e. The number of aromatic hydroxyl groups is 1. The Hall–Kier alpha value is -2.79. The van der Waals surface area contributed by atoms with Crippen LogP contribution >= 0.6 is 11.3 Å². The second-order valence-electron chi connectivity index (χ2n) is 4.54. The Kier molecular flexibility index (Phi) is 4.07. The predicted octanol–water partition coefficient (Wildman–Crippen LogP) is 3.81. The zero-order valence-electron chi connectivity index (χ0n) is 11.5. The number of hydrogen-bond acceptors (Lipinski definition) is 5. The van der Waals surface area contributed by atoms with Gasteiger partial charge in [-0.3, -0.25) is 9.78 Å². The van der Waals surface area contributed by atoms with Crippen LogP contribution in [0.1, 0.15) is 16.1 Å². The molecule has 0 radical (unpaired) electrons. The molecule has 0 aliphatic rings. The molecule has 0 unspecified atom stereocenters. The standard InChI is InChI=1S/C17H12N2O2S/c20-14-5-3-4-12(10-14)16(21)8-7-13-11-22-17(19-13)15-6-1-2-9-18-15/h1-11,20H. The number of rotatable bonds is 4. The number of hydrogen-bond donors (Lipinski definition) is 1. The maximum Gasteiger partial charge on any atom is 0.186 e. The van der Waals surface area contributed by atoms with Crippen molar-refractivity contribution in [3.63, 3.8) is 0 Å². The molecular weight excluding hydrogens is 296 g/mol. The van der Waals surface area contributed by atoms with Crippen molar-refractivity contribution in [2.24, 2.45) is 0 Å². The number of ketones is 1. The smallest absolute Gasteiger partial charge is 0.186 e. The van der Waals surface area contributed by atoms with Gasteiger partial charge >= 0.3 is 0 Å². The minimum absolute atomic E-state index is 0.0744. The van der Waals surface area contributed by atoms with E-state index in [0.717, 1.165) is 10.7 Å². The summed E-state index contributed by atoms with van der Waals surface area (Å²) in [4.78, 5) is 20.7. The number of pyridine rings is 1. The van der Waals surface area contributed by atoms with Crippen molar-refractivity contribution in [1.29, 1.82) is 0 Å². The molecular formula is C17H12N2O2S. The van der Waals surface area contributed by atoms with Crippen LogP contribution < -0.4 is 0 Å². The molecule has 0 fully saturated rings. The molecule has 0 saturated carbocycles. The number of aromatic nitrogens is 2. The van der Waals surface area contributed by atoms with Gasteiger partial charge in [0.25, 0.3) is 0 Å². The van der Waals surface area contributed by atoms with Crippen molar-refractivity contribution < 1.29 is 9.90 Å². The van der Waals surface area contributed by atoms with Gasteiger partial charge in [-0.05, 0) is 36.4 Å². The number of nitrogens with zero attached hydrogens (tertiary/aromatic N) is 2. The number of benzene rings is 1. The van der Waals surface area contributed by atoms with E-state index in [4.69, 9.17) is 0 Å². The molecule has 4 nitrogen and oxygen atoms in total. The Morgan fingerprint density at radius 2 is 2.09 bits per heavy atom. The topological polar surface area (TPSA) is 63.1 Å². The van der Waals surface area contributed by atoms with Crippen molar-refractivity contribution in [1.82, 2.24) is 9.97 Å². The SMILES string of the molecule is O=C(C=Cc1csc(-c2ccccn2)n1)c1cccc(O)c1. The lowest BCUT2D eigenvalue weighted by Crippen LogP contribution is -1.93. The fourth-order valence-corrected chi connectivity index (χ4v) is 2.65. The summed E-state index contributed by atoms with van der Waals surface area (Å²) in [5.41, 5.74) is 1.96. The van der Waals surface area contributed by atoms with Crippen LogP contribution in [0, 0.1) is 0 Å². The maximum atomic E-state index is 12.0. The van der Waals surface area contributed by atoms with Gasteiger partial charge < -0.3 is 5.11 Å². The van der Waals surface area contributed by atoms with E-state index in [9.17, 15) is 9.90 Å². The third-order valence-corrected chi connectivity index (χ3v) is 3.83. The maximum absolute atomic E-state index is 12.0. The van der Waals surface area contributed by atoms with Crippen molar-refractivity contribution in [2.75, 3.05) is 0 Å². The molecule has 22 heavy (non-hydrogen) atoms. The molecule has 5 heteroatoms. The lowest BCUT2D eigenvalue weighted by atomic mass is 10.1. The van der Waals surface area contributed by atoms with E-state index in [1.165, 1.54) is 29.5 Å². The molecule has 0 spiro atoms. The van der Waals surface area contributed by atoms with Gasteiger partial charge in [0, 0.05) is 17.1 Å². The molecule has 0 amide bonds. The van der Waals surface area contributed by atoms with Crippen LogP contribution in [0.15, 0.2) is 60.1 Å². The number of thiazole rings is 1. The first-order valence-corrected chi connectivity index (χ1v) is 7.49. The van der Waals surface area contributed by atoms with Crippen molar-refractivity contribution in [3.8, 4) is 16.5 Å². The summed E-state index contributed by atoms with van der Waals surface area (Å²) in [5, 5.41) is 12.1. The highest BCUT2D eigenvalue weighted by molar-refractivity contribution is 7.13. The highest BCUT2D eigenvalue weighted by Crippen LogP contribution is 2.22. The first-order valence-electron chi connectivity index (χ1n) is 6.61. The lowest BCUT2D eigenvalue weighted by Gasteiger charge is -1.96. The molecule has 3 aromatic rings. The summed E-state index contributed by atoms with van der Waals surface area (Å²) < 4.78 is 0. The van der Waals surface area contributed by atoms with Crippen molar-refractivity contribution in [3.05, 3.63) is 71.4 Å². The second kappa shape index (κ2) is 6.32. The molecule has 0 bridgehead atoms. The van der Waals surface area contributed by atoms with Gasteiger partial charge in [0.2, 0.25) is 0 Å². The number of phenols is 1. The van der Waals surface area contributed by atoms with Gasteiger partial charge in [0.1, 0.15) is 10.8 Å². The number of phenolic OH excluding ortho intramolecular Hbond substituents is 1. The molecule has 1 N–H and O–H groups in total. The Morgan fingerprint density at radius 3 is 2.86 bits per heavy atom. The van der Waals surface area contributed by atoms with E-state index in [-0.39, 0.29) is 11.5 Å². The third-order valence-electron chi connectivity index (χ3n) is 2.94.